The van der Waals surface area contributed by atoms with Crippen molar-refractivity contribution in [2.75, 3.05) is 13.1 Å². The molecule has 1 aliphatic heterocycles. The Morgan fingerprint density at radius 1 is 1.24 bits per heavy atom. The van der Waals surface area contributed by atoms with Crippen LogP contribution in [-0.4, -0.2) is 33.4 Å². The zero-order chi connectivity index (χ0) is 17.9. The van der Waals surface area contributed by atoms with Crippen LogP contribution in [0.5, 0.6) is 0 Å². The summed E-state index contributed by atoms with van der Waals surface area (Å²) < 4.78 is 39.8. The molecule has 1 atom stereocenters. The standard InChI is InChI=1S/C18H20F3N3O/c19-18(20,21)16-5-3-14(4-6-16)10-17(25)24-8-1-2-15(12-24)11-23-9-7-22-13-23/h3-7,9,13,15H,1-2,8,10-12H2/t15-/m0/s1. The summed E-state index contributed by atoms with van der Waals surface area (Å²) in [5.41, 5.74) is -0.0863. The SMILES string of the molecule is O=C(Cc1ccc(C(F)(F)F)cc1)N1CCC[C@@H](Cn2ccnc2)C1. The lowest BCUT2D eigenvalue weighted by molar-refractivity contribution is -0.137. The Morgan fingerprint density at radius 2 is 2.00 bits per heavy atom. The lowest BCUT2D eigenvalue weighted by Crippen LogP contribution is -2.41. The third-order valence-corrected chi connectivity index (χ3v) is 4.54. The summed E-state index contributed by atoms with van der Waals surface area (Å²) in [6.07, 6.45) is 3.19. The number of nitrogens with zero attached hydrogens (tertiary/aromatic N) is 3. The molecule has 0 aliphatic carbocycles. The third-order valence-electron chi connectivity index (χ3n) is 4.54. The fourth-order valence-corrected chi connectivity index (χ4v) is 3.23. The number of carbonyl (C=O) groups is 1. The highest BCUT2D eigenvalue weighted by Gasteiger charge is 2.30. The van der Waals surface area contributed by atoms with Gasteiger partial charge in [0.2, 0.25) is 5.91 Å². The van der Waals surface area contributed by atoms with E-state index >= 15 is 0 Å². The molecule has 0 radical (unpaired) electrons. The molecule has 0 N–H and O–H groups in total. The minimum Gasteiger partial charge on any atom is -0.342 e. The highest BCUT2D eigenvalue weighted by atomic mass is 19.4. The van der Waals surface area contributed by atoms with E-state index in [4.69, 9.17) is 0 Å². The minimum absolute atomic E-state index is 0.0323. The number of hydrogen-bond donors (Lipinski definition) is 0. The number of rotatable bonds is 4. The molecular weight excluding hydrogens is 331 g/mol. The summed E-state index contributed by atoms with van der Waals surface area (Å²) in [5.74, 6) is 0.342. The van der Waals surface area contributed by atoms with Crippen LogP contribution in [0.2, 0.25) is 0 Å². The predicted octanol–water partition coefficient (Wildman–Crippen LogP) is 3.38. The largest absolute Gasteiger partial charge is 0.416 e. The van der Waals surface area contributed by atoms with Gasteiger partial charge in [0, 0.05) is 32.0 Å². The maximum atomic E-state index is 12.6. The highest BCUT2D eigenvalue weighted by Crippen LogP contribution is 2.29. The van der Waals surface area contributed by atoms with E-state index in [0.717, 1.165) is 31.5 Å². The topological polar surface area (TPSA) is 38.1 Å². The van der Waals surface area contributed by atoms with Crippen molar-refractivity contribution in [3.8, 4) is 0 Å². The third kappa shape index (κ3) is 4.61. The zero-order valence-electron chi connectivity index (χ0n) is 13.7. The van der Waals surface area contributed by atoms with Crippen LogP contribution in [0.4, 0.5) is 13.2 Å². The van der Waals surface area contributed by atoms with E-state index < -0.39 is 11.7 Å². The monoisotopic (exact) mass is 351 g/mol. The van der Waals surface area contributed by atoms with E-state index in [2.05, 4.69) is 4.98 Å². The molecule has 2 heterocycles. The Kier molecular flexibility index (Phi) is 5.11. The van der Waals surface area contributed by atoms with Crippen LogP contribution >= 0.6 is 0 Å². The Balaban J connectivity index is 1.57. The number of benzene rings is 1. The maximum Gasteiger partial charge on any atom is 0.416 e. The minimum atomic E-state index is -4.35. The highest BCUT2D eigenvalue weighted by molar-refractivity contribution is 5.78. The Labute approximate surface area is 144 Å². The lowest BCUT2D eigenvalue weighted by Gasteiger charge is -2.33. The van der Waals surface area contributed by atoms with E-state index in [1.54, 1.807) is 12.5 Å². The molecule has 1 fully saturated rings. The lowest BCUT2D eigenvalue weighted by atomic mass is 9.97. The molecule has 7 heteroatoms. The second-order valence-corrected chi connectivity index (χ2v) is 6.48. The molecule has 2 aromatic rings. The molecule has 0 saturated carbocycles. The molecule has 1 saturated heterocycles. The molecule has 1 aliphatic rings. The Hall–Kier alpha value is -2.31. The van der Waals surface area contributed by atoms with Gasteiger partial charge in [-0.05, 0) is 36.5 Å². The quantitative estimate of drug-likeness (QED) is 0.847. The smallest absolute Gasteiger partial charge is 0.342 e. The van der Waals surface area contributed by atoms with Crippen LogP contribution in [0.25, 0.3) is 0 Å². The van der Waals surface area contributed by atoms with Gasteiger partial charge in [-0.1, -0.05) is 12.1 Å². The second kappa shape index (κ2) is 7.29. The summed E-state index contributed by atoms with van der Waals surface area (Å²) in [7, 11) is 0. The Bertz CT molecular complexity index is 695. The summed E-state index contributed by atoms with van der Waals surface area (Å²) in [6, 6.07) is 4.82. The number of alkyl halides is 3. The predicted molar refractivity (Wildman–Crippen MR) is 86.7 cm³/mol. The van der Waals surface area contributed by atoms with Crippen molar-refractivity contribution in [1.82, 2.24) is 14.5 Å². The van der Waals surface area contributed by atoms with Gasteiger partial charge in [-0.3, -0.25) is 4.79 Å². The molecule has 1 aromatic carbocycles. The molecule has 0 unspecified atom stereocenters. The van der Waals surface area contributed by atoms with Crippen LogP contribution in [0, 0.1) is 5.92 Å². The van der Waals surface area contributed by atoms with Gasteiger partial charge in [0.25, 0.3) is 0 Å². The van der Waals surface area contributed by atoms with Crippen LogP contribution in [0.1, 0.15) is 24.0 Å². The van der Waals surface area contributed by atoms with E-state index in [0.29, 0.717) is 24.6 Å². The van der Waals surface area contributed by atoms with Crippen molar-refractivity contribution in [1.29, 1.82) is 0 Å². The van der Waals surface area contributed by atoms with Gasteiger partial charge in [0.15, 0.2) is 0 Å². The first-order chi connectivity index (χ1) is 11.9. The molecule has 0 bridgehead atoms. The number of carbonyl (C=O) groups excluding carboxylic acids is 1. The maximum absolute atomic E-state index is 12.6. The van der Waals surface area contributed by atoms with Crippen molar-refractivity contribution in [2.24, 2.45) is 5.92 Å². The molecule has 4 nitrogen and oxygen atoms in total. The van der Waals surface area contributed by atoms with Gasteiger partial charge in [-0.2, -0.15) is 13.2 Å². The van der Waals surface area contributed by atoms with Crippen molar-refractivity contribution in [2.45, 2.75) is 32.0 Å². The van der Waals surface area contributed by atoms with Gasteiger partial charge in [0.1, 0.15) is 0 Å². The molecule has 134 valence electrons. The fourth-order valence-electron chi connectivity index (χ4n) is 3.23. The van der Waals surface area contributed by atoms with Crippen LogP contribution in [-0.2, 0) is 23.9 Å². The van der Waals surface area contributed by atoms with Gasteiger partial charge in [-0.15, -0.1) is 0 Å². The Morgan fingerprint density at radius 3 is 2.64 bits per heavy atom. The molecule has 3 rings (SSSR count). The number of imidazole rings is 1. The number of piperidine rings is 1. The van der Waals surface area contributed by atoms with Crippen LogP contribution in [0.3, 0.4) is 0 Å². The van der Waals surface area contributed by atoms with E-state index in [9.17, 15) is 18.0 Å². The number of hydrogen-bond acceptors (Lipinski definition) is 2. The first kappa shape index (κ1) is 17.5. The van der Waals surface area contributed by atoms with Gasteiger partial charge in [0.05, 0.1) is 18.3 Å². The van der Waals surface area contributed by atoms with Crippen LogP contribution in [0.15, 0.2) is 43.0 Å². The van der Waals surface area contributed by atoms with Gasteiger partial charge in [-0.25, -0.2) is 4.98 Å². The van der Waals surface area contributed by atoms with Gasteiger partial charge >= 0.3 is 6.18 Å². The second-order valence-electron chi connectivity index (χ2n) is 6.48. The summed E-state index contributed by atoms with van der Waals surface area (Å²) in [5, 5.41) is 0. The first-order valence-corrected chi connectivity index (χ1v) is 8.31. The van der Waals surface area contributed by atoms with Crippen molar-refractivity contribution < 1.29 is 18.0 Å². The molecular formula is C18H20F3N3O. The zero-order valence-corrected chi connectivity index (χ0v) is 13.7. The van der Waals surface area contributed by atoms with E-state index in [1.165, 1.54) is 12.1 Å². The van der Waals surface area contributed by atoms with E-state index in [1.807, 2.05) is 15.7 Å². The van der Waals surface area contributed by atoms with Crippen LogP contribution < -0.4 is 0 Å². The normalized spacial score (nSPS) is 18.4. The number of aromatic nitrogens is 2. The number of likely N-dealkylation sites (tertiary alicyclic amines) is 1. The summed E-state index contributed by atoms with van der Waals surface area (Å²) in [4.78, 5) is 18.3. The molecule has 25 heavy (non-hydrogen) atoms. The molecule has 1 aromatic heterocycles. The van der Waals surface area contributed by atoms with Crippen molar-refractivity contribution in [3.05, 3.63) is 54.1 Å². The average Bonchev–Trinajstić information content (AvgIpc) is 3.08. The summed E-state index contributed by atoms with van der Waals surface area (Å²) >= 11 is 0. The van der Waals surface area contributed by atoms with Gasteiger partial charge < -0.3 is 9.47 Å². The number of amides is 1. The van der Waals surface area contributed by atoms with Crippen molar-refractivity contribution in [3.63, 3.8) is 0 Å². The molecule has 0 spiro atoms. The number of halogens is 3. The van der Waals surface area contributed by atoms with Crippen molar-refractivity contribution >= 4 is 5.91 Å². The first-order valence-electron chi connectivity index (χ1n) is 8.31. The summed E-state index contributed by atoms with van der Waals surface area (Å²) in [6.45, 7) is 2.21. The molecule has 1 amide bonds. The van der Waals surface area contributed by atoms with E-state index in [-0.39, 0.29) is 12.3 Å². The average molecular weight is 351 g/mol. The fraction of sp³-hybridized carbons (Fsp3) is 0.444.